The Labute approximate surface area is 198 Å². The Hall–Kier alpha value is -4.00. The van der Waals surface area contributed by atoms with Gasteiger partial charge in [-0.1, -0.05) is 44.7 Å². The highest BCUT2D eigenvalue weighted by Crippen LogP contribution is 2.43. The molecule has 0 atom stereocenters. The van der Waals surface area contributed by atoms with Gasteiger partial charge < -0.3 is 27.0 Å². The fourth-order valence-corrected chi connectivity index (χ4v) is 4.40. The Morgan fingerprint density at radius 3 is 2.12 bits per heavy atom. The Morgan fingerprint density at radius 1 is 0.765 bits per heavy atom. The predicted octanol–water partition coefficient (Wildman–Crippen LogP) is 4.93. The minimum atomic E-state index is -0.576. The molecule has 7 N–H and O–H groups in total. The van der Waals surface area contributed by atoms with Crippen molar-refractivity contribution in [3.8, 4) is 22.6 Å². The van der Waals surface area contributed by atoms with Crippen molar-refractivity contribution in [2.24, 2.45) is 0 Å². The molecule has 0 aliphatic heterocycles. The fourth-order valence-electron chi connectivity index (χ4n) is 4.40. The molecule has 0 spiro atoms. The Bertz CT molecular complexity index is 1270. The highest BCUT2D eigenvalue weighted by Gasteiger charge is 2.37. The Balaban J connectivity index is 1.64. The third-order valence-electron chi connectivity index (χ3n) is 6.20. The SMILES string of the molecule is CCCCCCCOc1ccc(-c2cc(N)c3c(c2N)C(=O)c2c(N)ccc(O)c2C3=O)cc1. The molecule has 1 aliphatic rings. The molecule has 0 saturated carbocycles. The summed E-state index contributed by atoms with van der Waals surface area (Å²) < 4.78 is 5.82. The number of carbonyl (C=O) groups excluding carboxylic acids is 2. The van der Waals surface area contributed by atoms with E-state index in [1.54, 1.807) is 6.07 Å². The van der Waals surface area contributed by atoms with Gasteiger partial charge in [0.05, 0.1) is 34.5 Å². The number of ether oxygens (including phenoxy) is 1. The summed E-state index contributed by atoms with van der Waals surface area (Å²) >= 11 is 0. The summed E-state index contributed by atoms with van der Waals surface area (Å²) in [5.41, 5.74) is 20.0. The molecule has 3 aromatic rings. The molecule has 1 aliphatic carbocycles. The molecule has 0 fully saturated rings. The molecular formula is C27H29N3O4. The van der Waals surface area contributed by atoms with Crippen LogP contribution in [0.15, 0.2) is 42.5 Å². The quantitative estimate of drug-likeness (QED) is 0.166. The van der Waals surface area contributed by atoms with Gasteiger partial charge in [-0.05, 0) is 42.3 Å². The maximum Gasteiger partial charge on any atom is 0.200 e. The number of hydrogen-bond acceptors (Lipinski definition) is 7. The zero-order chi connectivity index (χ0) is 24.4. The maximum atomic E-state index is 13.4. The standard InChI is InChI=1S/C27H29N3O4/c1-2-3-4-5-6-13-34-16-9-7-15(8-10-16)17-14-19(29)22-24(25(17)30)27(33)21-18(28)11-12-20(31)23(21)26(22)32/h7-12,14,31H,2-6,13,28-30H2,1H3. The van der Waals surface area contributed by atoms with Gasteiger partial charge in [0.25, 0.3) is 0 Å². The van der Waals surface area contributed by atoms with E-state index in [0.717, 1.165) is 24.2 Å². The van der Waals surface area contributed by atoms with Crippen molar-refractivity contribution in [2.75, 3.05) is 23.8 Å². The van der Waals surface area contributed by atoms with Crippen LogP contribution in [0.5, 0.6) is 11.5 Å². The molecule has 4 rings (SSSR count). The first kappa shape index (κ1) is 23.2. The van der Waals surface area contributed by atoms with Crippen molar-refractivity contribution in [3.05, 3.63) is 64.7 Å². The normalized spacial score (nSPS) is 12.4. The van der Waals surface area contributed by atoms with E-state index in [9.17, 15) is 14.7 Å². The second kappa shape index (κ2) is 9.47. The number of benzene rings is 3. The van der Waals surface area contributed by atoms with Gasteiger partial charge in [-0.3, -0.25) is 9.59 Å². The molecular weight excluding hydrogens is 430 g/mol. The summed E-state index contributed by atoms with van der Waals surface area (Å²) in [6.07, 6.45) is 5.82. The third kappa shape index (κ3) is 4.05. The monoisotopic (exact) mass is 459 g/mol. The average molecular weight is 460 g/mol. The van der Waals surface area contributed by atoms with Crippen molar-refractivity contribution in [1.29, 1.82) is 0 Å². The van der Waals surface area contributed by atoms with E-state index in [-0.39, 0.29) is 45.1 Å². The number of phenols is 1. The number of fused-ring (bicyclic) bond motifs is 2. The summed E-state index contributed by atoms with van der Waals surface area (Å²) in [6.45, 7) is 2.84. The third-order valence-corrected chi connectivity index (χ3v) is 6.20. The molecule has 0 amide bonds. The predicted molar refractivity (Wildman–Crippen MR) is 134 cm³/mol. The van der Waals surface area contributed by atoms with E-state index in [2.05, 4.69) is 6.92 Å². The van der Waals surface area contributed by atoms with Gasteiger partial charge in [0.15, 0.2) is 11.6 Å². The van der Waals surface area contributed by atoms with Gasteiger partial charge in [-0.25, -0.2) is 0 Å². The Kier molecular flexibility index (Phi) is 6.45. The lowest BCUT2D eigenvalue weighted by Crippen LogP contribution is -2.25. The van der Waals surface area contributed by atoms with Gasteiger partial charge in [0.1, 0.15) is 11.5 Å². The molecule has 0 saturated heterocycles. The molecule has 7 nitrogen and oxygen atoms in total. The lowest BCUT2D eigenvalue weighted by atomic mass is 9.79. The zero-order valence-electron chi connectivity index (χ0n) is 19.2. The molecule has 34 heavy (non-hydrogen) atoms. The largest absolute Gasteiger partial charge is 0.507 e. The molecule has 7 heteroatoms. The van der Waals surface area contributed by atoms with Crippen LogP contribution in [0.4, 0.5) is 17.1 Å². The zero-order valence-corrected chi connectivity index (χ0v) is 19.2. The van der Waals surface area contributed by atoms with Crippen molar-refractivity contribution in [3.63, 3.8) is 0 Å². The van der Waals surface area contributed by atoms with Crippen molar-refractivity contribution < 1.29 is 19.4 Å². The smallest absolute Gasteiger partial charge is 0.200 e. The number of anilines is 3. The van der Waals surface area contributed by atoms with Crippen LogP contribution in [-0.2, 0) is 0 Å². The van der Waals surface area contributed by atoms with Crippen LogP contribution < -0.4 is 21.9 Å². The number of carbonyl (C=O) groups is 2. The molecule has 3 aromatic carbocycles. The number of phenolic OH excluding ortho intramolecular Hbond substituents is 1. The molecule has 0 heterocycles. The van der Waals surface area contributed by atoms with Crippen LogP contribution in [0.3, 0.4) is 0 Å². The highest BCUT2D eigenvalue weighted by atomic mass is 16.5. The first-order valence-electron chi connectivity index (χ1n) is 11.5. The van der Waals surface area contributed by atoms with E-state index in [1.807, 2.05) is 24.3 Å². The van der Waals surface area contributed by atoms with Gasteiger partial charge >= 0.3 is 0 Å². The maximum absolute atomic E-state index is 13.4. The number of hydrogen-bond donors (Lipinski definition) is 4. The molecule has 0 aromatic heterocycles. The van der Waals surface area contributed by atoms with Crippen LogP contribution in [0.1, 0.15) is 70.9 Å². The topological polar surface area (TPSA) is 142 Å². The van der Waals surface area contributed by atoms with Crippen molar-refractivity contribution >= 4 is 28.6 Å². The van der Waals surface area contributed by atoms with Crippen LogP contribution >= 0.6 is 0 Å². The number of unbranched alkanes of at least 4 members (excludes halogenated alkanes) is 4. The lowest BCUT2D eigenvalue weighted by molar-refractivity contribution is 0.0978. The number of nitrogens with two attached hydrogens (primary N) is 3. The summed E-state index contributed by atoms with van der Waals surface area (Å²) in [7, 11) is 0. The van der Waals surface area contributed by atoms with Crippen LogP contribution in [0.2, 0.25) is 0 Å². The number of rotatable bonds is 8. The van der Waals surface area contributed by atoms with Gasteiger partial charge in [-0.15, -0.1) is 0 Å². The summed E-state index contributed by atoms with van der Waals surface area (Å²) in [6, 6.07) is 11.6. The first-order chi connectivity index (χ1) is 16.3. The minimum Gasteiger partial charge on any atom is -0.507 e. The van der Waals surface area contributed by atoms with E-state index < -0.39 is 11.6 Å². The number of ketones is 2. The average Bonchev–Trinajstić information content (AvgIpc) is 2.82. The van der Waals surface area contributed by atoms with Crippen LogP contribution in [0.25, 0.3) is 11.1 Å². The van der Waals surface area contributed by atoms with Crippen LogP contribution in [0, 0.1) is 0 Å². The Morgan fingerprint density at radius 2 is 1.41 bits per heavy atom. The van der Waals surface area contributed by atoms with Gasteiger partial charge in [0, 0.05) is 16.9 Å². The molecule has 0 unspecified atom stereocenters. The minimum absolute atomic E-state index is 0.0113. The number of nitrogen functional groups attached to an aromatic ring is 3. The molecule has 0 radical (unpaired) electrons. The van der Waals surface area contributed by atoms with E-state index >= 15 is 0 Å². The number of aromatic hydroxyl groups is 1. The summed E-state index contributed by atoms with van der Waals surface area (Å²) in [5, 5.41) is 10.2. The first-order valence-corrected chi connectivity index (χ1v) is 11.5. The second-order valence-corrected chi connectivity index (χ2v) is 8.55. The lowest BCUT2D eigenvalue weighted by Gasteiger charge is -2.24. The second-order valence-electron chi connectivity index (χ2n) is 8.55. The fraction of sp³-hybridized carbons (Fsp3) is 0.259. The van der Waals surface area contributed by atoms with Crippen molar-refractivity contribution in [2.45, 2.75) is 39.0 Å². The molecule has 176 valence electrons. The van der Waals surface area contributed by atoms with E-state index in [4.69, 9.17) is 21.9 Å². The van der Waals surface area contributed by atoms with Gasteiger partial charge in [-0.2, -0.15) is 0 Å². The highest BCUT2D eigenvalue weighted by molar-refractivity contribution is 6.34. The summed E-state index contributed by atoms with van der Waals surface area (Å²) in [5.74, 6) is -0.691. The van der Waals surface area contributed by atoms with Crippen LogP contribution in [-0.4, -0.2) is 23.3 Å². The van der Waals surface area contributed by atoms with Gasteiger partial charge in [0.2, 0.25) is 0 Å². The van der Waals surface area contributed by atoms with E-state index in [1.165, 1.54) is 31.4 Å². The molecule has 0 bridgehead atoms. The van der Waals surface area contributed by atoms with Crippen molar-refractivity contribution in [1.82, 2.24) is 0 Å². The summed E-state index contributed by atoms with van der Waals surface area (Å²) in [4.78, 5) is 26.5. The van der Waals surface area contributed by atoms with E-state index in [0.29, 0.717) is 12.2 Å².